The van der Waals surface area contributed by atoms with E-state index in [1.54, 1.807) is 6.92 Å². The zero-order valence-corrected chi connectivity index (χ0v) is 14.2. The molecular formula is C16H15FN4O3S. The van der Waals surface area contributed by atoms with Crippen LogP contribution in [0.5, 0.6) is 5.88 Å². The minimum Gasteiger partial charge on any atom is -0.471 e. The molecule has 0 spiro atoms. The molecule has 0 bridgehead atoms. The van der Waals surface area contributed by atoms with E-state index in [0.29, 0.717) is 12.0 Å². The Kier molecular flexibility index (Phi) is 4.65. The first-order valence-electron chi connectivity index (χ1n) is 7.56. The molecule has 1 saturated heterocycles. The average molecular weight is 362 g/mol. The van der Waals surface area contributed by atoms with Gasteiger partial charge >= 0.3 is 0 Å². The molecule has 1 atom stereocenters. The summed E-state index contributed by atoms with van der Waals surface area (Å²) in [5.41, 5.74) is 0.406. The van der Waals surface area contributed by atoms with Crippen LogP contribution < -0.4 is 4.74 Å². The smallest absolute Gasteiger partial charge is 0.251 e. The van der Waals surface area contributed by atoms with E-state index < -0.39 is 21.9 Å². The van der Waals surface area contributed by atoms with E-state index in [4.69, 9.17) is 10.00 Å². The topological polar surface area (TPSA) is 96.2 Å². The van der Waals surface area contributed by atoms with Crippen LogP contribution in [0.4, 0.5) is 4.39 Å². The highest BCUT2D eigenvalue weighted by Crippen LogP contribution is 2.26. The van der Waals surface area contributed by atoms with Gasteiger partial charge in [0.2, 0.25) is 15.7 Å². The quantitative estimate of drug-likeness (QED) is 0.820. The molecule has 0 amide bonds. The lowest BCUT2D eigenvalue weighted by Gasteiger charge is -2.18. The number of rotatable bonds is 4. The minimum absolute atomic E-state index is 0.0539. The van der Waals surface area contributed by atoms with Gasteiger partial charge in [0.15, 0.2) is 0 Å². The molecule has 2 heterocycles. The zero-order valence-electron chi connectivity index (χ0n) is 13.4. The van der Waals surface area contributed by atoms with Gasteiger partial charge in [0, 0.05) is 18.9 Å². The van der Waals surface area contributed by atoms with Crippen molar-refractivity contribution in [1.82, 2.24) is 14.3 Å². The van der Waals surface area contributed by atoms with Crippen molar-refractivity contribution >= 4 is 10.0 Å². The van der Waals surface area contributed by atoms with Gasteiger partial charge in [0.25, 0.3) is 5.88 Å². The van der Waals surface area contributed by atoms with Crippen molar-refractivity contribution in [3.63, 3.8) is 0 Å². The largest absolute Gasteiger partial charge is 0.471 e. The molecule has 0 aliphatic carbocycles. The molecule has 1 aromatic heterocycles. The Morgan fingerprint density at radius 3 is 2.84 bits per heavy atom. The van der Waals surface area contributed by atoms with Crippen LogP contribution >= 0.6 is 0 Å². The van der Waals surface area contributed by atoms with Crippen LogP contribution in [0.25, 0.3) is 0 Å². The van der Waals surface area contributed by atoms with Crippen molar-refractivity contribution in [2.75, 3.05) is 13.1 Å². The summed E-state index contributed by atoms with van der Waals surface area (Å²) in [5, 5.41) is 9.01. The third-order valence-corrected chi connectivity index (χ3v) is 5.94. The molecule has 0 N–H and O–H groups in total. The summed E-state index contributed by atoms with van der Waals surface area (Å²) >= 11 is 0. The summed E-state index contributed by atoms with van der Waals surface area (Å²) < 4.78 is 45.7. The van der Waals surface area contributed by atoms with E-state index in [1.807, 2.05) is 6.07 Å². The summed E-state index contributed by atoms with van der Waals surface area (Å²) in [6, 6.07) is 5.47. The third-order valence-electron chi connectivity index (χ3n) is 3.91. The van der Waals surface area contributed by atoms with E-state index >= 15 is 0 Å². The Balaban J connectivity index is 1.77. The lowest BCUT2D eigenvalue weighted by atomic mass is 10.2. The summed E-state index contributed by atoms with van der Waals surface area (Å²) in [6.07, 6.45) is 2.82. The Bertz CT molecular complexity index is 943. The first kappa shape index (κ1) is 17.3. The van der Waals surface area contributed by atoms with Crippen LogP contribution in [-0.2, 0) is 10.0 Å². The van der Waals surface area contributed by atoms with Crippen LogP contribution in [-0.4, -0.2) is 41.9 Å². The normalized spacial score (nSPS) is 18.0. The number of ether oxygens (including phenoxy) is 1. The standard InChI is InChI=1S/C16H15FN4O3S/c1-11-8-12(17)2-3-15(11)25(22,23)21-7-4-13(10-21)24-16-14(9-18)19-5-6-20-16/h2-3,5-6,8,13H,4,7,10H2,1H3. The Labute approximate surface area is 144 Å². The fourth-order valence-corrected chi connectivity index (χ4v) is 4.39. The molecule has 0 saturated carbocycles. The summed E-state index contributed by atoms with van der Waals surface area (Å²) in [7, 11) is -3.74. The Hall–Kier alpha value is -2.57. The maximum absolute atomic E-state index is 13.2. The van der Waals surface area contributed by atoms with Gasteiger partial charge in [0.1, 0.15) is 18.0 Å². The molecular weight excluding hydrogens is 347 g/mol. The maximum Gasteiger partial charge on any atom is 0.251 e. The van der Waals surface area contributed by atoms with Gasteiger partial charge < -0.3 is 4.74 Å². The van der Waals surface area contributed by atoms with Crippen LogP contribution in [0.2, 0.25) is 0 Å². The first-order chi connectivity index (χ1) is 11.9. The van der Waals surface area contributed by atoms with Gasteiger partial charge in [-0.2, -0.15) is 9.57 Å². The van der Waals surface area contributed by atoms with Crippen LogP contribution in [0.3, 0.4) is 0 Å². The molecule has 25 heavy (non-hydrogen) atoms. The second kappa shape index (κ2) is 6.74. The van der Waals surface area contributed by atoms with Crippen LogP contribution in [0.1, 0.15) is 17.7 Å². The lowest BCUT2D eigenvalue weighted by molar-refractivity contribution is 0.205. The fourth-order valence-electron chi connectivity index (χ4n) is 2.70. The van der Waals surface area contributed by atoms with E-state index in [2.05, 4.69) is 9.97 Å². The second-order valence-corrected chi connectivity index (χ2v) is 7.53. The summed E-state index contributed by atoms with van der Waals surface area (Å²) in [6.45, 7) is 1.95. The molecule has 0 radical (unpaired) electrons. The van der Waals surface area contributed by atoms with E-state index in [-0.39, 0.29) is 29.6 Å². The third kappa shape index (κ3) is 3.45. The molecule has 2 aromatic rings. The van der Waals surface area contributed by atoms with Crippen molar-refractivity contribution in [1.29, 1.82) is 5.26 Å². The van der Waals surface area contributed by atoms with E-state index in [0.717, 1.165) is 6.07 Å². The number of benzene rings is 1. The Morgan fingerprint density at radius 1 is 1.36 bits per heavy atom. The van der Waals surface area contributed by atoms with Crippen molar-refractivity contribution in [3.05, 3.63) is 47.7 Å². The van der Waals surface area contributed by atoms with Crippen molar-refractivity contribution in [2.24, 2.45) is 0 Å². The van der Waals surface area contributed by atoms with Crippen molar-refractivity contribution < 1.29 is 17.5 Å². The SMILES string of the molecule is Cc1cc(F)ccc1S(=O)(=O)N1CCC(Oc2nccnc2C#N)C1. The number of hydrogen-bond acceptors (Lipinski definition) is 6. The number of halogens is 1. The molecule has 130 valence electrons. The lowest BCUT2D eigenvalue weighted by Crippen LogP contribution is -2.31. The first-order valence-corrected chi connectivity index (χ1v) is 9.00. The summed E-state index contributed by atoms with van der Waals surface area (Å²) in [4.78, 5) is 7.90. The number of aromatic nitrogens is 2. The number of nitriles is 1. The fraction of sp³-hybridized carbons (Fsp3) is 0.312. The number of hydrogen-bond donors (Lipinski definition) is 0. The predicted octanol–water partition coefficient (Wildman–Crippen LogP) is 1.64. The van der Waals surface area contributed by atoms with Crippen molar-refractivity contribution in [3.8, 4) is 11.9 Å². The molecule has 7 nitrogen and oxygen atoms in total. The maximum atomic E-state index is 13.2. The minimum atomic E-state index is -3.74. The highest BCUT2D eigenvalue weighted by Gasteiger charge is 2.35. The van der Waals surface area contributed by atoms with Gasteiger partial charge in [-0.1, -0.05) is 0 Å². The summed E-state index contributed by atoms with van der Waals surface area (Å²) in [5.74, 6) is -0.391. The van der Waals surface area contributed by atoms with Gasteiger partial charge in [-0.05, 0) is 37.1 Å². The second-order valence-electron chi connectivity index (χ2n) is 5.62. The molecule has 9 heteroatoms. The number of aryl methyl sites for hydroxylation is 1. The molecule has 1 aliphatic rings. The highest BCUT2D eigenvalue weighted by atomic mass is 32.2. The average Bonchev–Trinajstić information content (AvgIpc) is 3.04. The molecule has 3 rings (SSSR count). The number of nitrogens with zero attached hydrogens (tertiary/aromatic N) is 4. The van der Waals surface area contributed by atoms with Gasteiger partial charge in [-0.15, -0.1) is 0 Å². The molecule has 1 aliphatic heterocycles. The monoisotopic (exact) mass is 362 g/mol. The van der Waals surface area contributed by atoms with Crippen LogP contribution in [0, 0.1) is 24.1 Å². The predicted molar refractivity (Wildman–Crippen MR) is 85.7 cm³/mol. The highest BCUT2D eigenvalue weighted by molar-refractivity contribution is 7.89. The van der Waals surface area contributed by atoms with Gasteiger partial charge in [0.05, 0.1) is 11.4 Å². The van der Waals surface area contributed by atoms with E-state index in [1.165, 1.54) is 28.8 Å². The van der Waals surface area contributed by atoms with E-state index in [9.17, 15) is 12.8 Å². The van der Waals surface area contributed by atoms with Gasteiger partial charge in [-0.25, -0.2) is 22.8 Å². The van der Waals surface area contributed by atoms with Crippen LogP contribution in [0.15, 0.2) is 35.5 Å². The van der Waals surface area contributed by atoms with Gasteiger partial charge in [-0.3, -0.25) is 0 Å². The molecule has 1 fully saturated rings. The molecule has 1 aromatic carbocycles. The molecule has 1 unspecified atom stereocenters. The number of sulfonamides is 1. The zero-order chi connectivity index (χ0) is 18.0. The van der Waals surface area contributed by atoms with Crippen molar-refractivity contribution in [2.45, 2.75) is 24.3 Å². The Morgan fingerprint density at radius 2 is 2.12 bits per heavy atom.